The Kier molecular flexibility index (Phi) is 5.05. The Bertz CT molecular complexity index is 674. The molecule has 0 aliphatic carbocycles. The molecule has 0 bridgehead atoms. The number of likely N-dealkylation sites (tertiary alicyclic amines) is 1. The zero-order valence-corrected chi connectivity index (χ0v) is 13.1. The minimum Gasteiger partial charge on any atom is -0.467 e. The predicted molar refractivity (Wildman–Crippen MR) is 85.8 cm³/mol. The van der Waals surface area contributed by atoms with E-state index in [1.165, 1.54) is 0 Å². The number of furan rings is 1. The Hall–Kier alpha value is -2.90. The highest BCUT2D eigenvalue weighted by molar-refractivity contribution is 5.89. The summed E-state index contributed by atoms with van der Waals surface area (Å²) in [6, 6.07) is 5.33. The first-order valence-electron chi connectivity index (χ1n) is 7.81. The highest BCUT2D eigenvalue weighted by Gasteiger charge is 2.34. The summed E-state index contributed by atoms with van der Waals surface area (Å²) >= 11 is 0. The fourth-order valence-corrected chi connectivity index (χ4v) is 2.59. The zero-order chi connectivity index (χ0) is 16.8. The highest BCUT2D eigenvalue weighted by atomic mass is 16.3. The lowest BCUT2D eigenvalue weighted by Gasteiger charge is -2.15. The van der Waals surface area contributed by atoms with Gasteiger partial charge < -0.3 is 20.0 Å². The molecule has 2 aromatic rings. The first-order chi connectivity index (χ1) is 11.7. The van der Waals surface area contributed by atoms with Crippen LogP contribution >= 0.6 is 0 Å². The summed E-state index contributed by atoms with van der Waals surface area (Å²) in [6.07, 6.45) is 5.10. The predicted octanol–water partition coefficient (Wildman–Crippen LogP) is 0.646. The van der Waals surface area contributed by atoms with Gasteiger partial charge in [-0.3, -0.25) is 9.59 Å². The van der Waals surface area contributed by atoms with Gasteiger partial charge in [0.05, 0.1) is 18.7 Å². The van der Waals surface area contributed by atoms with E-state index in [-0.39, 0.29) is 24.2 Å². The van der Waals surface area contributed by atoms with E-state index >= 15 is 0 Å². The molecule has 0 saturated carbocycles. The summed E-state index contributed by atoms with van der Waals surface area (Å²) in [5.74, 6) is 0.785. The number of aromatic nitrogens is 2. The molecule has 1 saturated heterocycles. The first-order valence-corrected chi connectivity index (χ1v) is 7.81. The van der Waals surface area contributed by atoms with E-state index in [1.54, 1.807) is 35.7 Å². The van der Waals surface area contributed by atoms with Crippen molar-refractivity contribution >= 4 is 17.8 Å². The summed E-state index contributed by atoms with van der Waals surface area (Å²) < 4.78 is 5.25. The van der Waals surface area contributed by atoms with Gasteiger partial charge in [0, 0.05) is 38.4 Å². The molecule has 8 heteroatoms. The second-order valence-electron chi connectivity index (χ2n) is 5.54. The Morgan fingerprint density at radius 2 is 2.12 bits per heavy atom. The lowest BCUT2D eigenvalue weighted by Crippen LogP contribution is -2.35. The number of hydrogen-bond donors (Lipinski definition) is 2. The quantitative estimate of drug-likeness (QED) is 0.723. The van der Waals surface area contributed by atoms with E-state index in [4.69, 9.17) is 4.42 Å². The molecule has 1 atom stereocenters. The number of carbonyl (C=O) groups excluding carboxylic acids is 2. The van der Waals surface area contributed by atoms with Crippen molar-refractivity contribution in [2.45, 2.75) is 13.0 Å². The van der Waals surface area contributed by atoms with Gasteiger partial charge in [-0.15, -0.1) is 0 Å². The van der Waals surface area contributed by atoms with Crippen molar-refractivity contribution in [2.75, 3.05) is 25.0 Å². The van der Waals surface area contributed by atoms with Crippen LogP contribution in [0.2, 0.25) is 0 Å². The fraction of sp³-hybridized carbons (Fsp3) is 0.375. The second kappa shape index (κ2) is 7.58. The highest BCUT2D eigenvalue weighted by Crippen LogP contribution is 2.20. The average molecular weight is 329 g/mol. The normalized spacial score (nSPS) is 17.1. The molecule has 0 aromatic carbocycles. The van der Waals surface area contributed by atoms with Gasteiger partial charge in [0.15, 0.2) is 0 Å². The monoisotopic (exact) mass is 329 g/mol. The third-order valence-corrected chi connectivity index (χ3v) is 3.79. The van der Waals surface area contributed by atoms with Gasteiger partial charge >= 0.3 is 0 Å². The van der Waals surface area contributed by atoms with E-state index in [9.17, 15) is 9.59 Å². The van der Waals surface area contributed by atoms with Crippen LogP contribution in [-0.2, 0) is 16.1 Å². The maximum absolute atomic E-state index is 12.2. The summed E-state index contributed by atoms with van der Waals surface area (Å²) in [6.45, 7) is 1.79. The molecule has 1 aliphatic heterocycles. The average Bonchev–Trinajstić information content (AvgIpc) is 3.23. The van der Waals surface area contributed by atoms with Crippen molar-refractivity contribution in [3.63, 3.8) is 0 Å². The molecule has 126 valence electrons. The summed E-state index contributed by atoms with van der Waals surface area (Å²) in [4.78, 5) is 33.9. The van der Waals surface area contributed by atoms with Crippen LogP contribution in [0.25, 0.3) is 0 Å². The van der Waals surface area contributed by atoms with Crippen molar-refractivity contribution in [3.8, 4) is 0 Å². The van der Waals surface area contributed by atoms with Crippen LogP contribution in [0.1, 0.15) is 12.2 Å². The van der Waals surface area contributed by atoms with Crippen molar-refractivity contribution in [3.05, 3.63) is 42.6 Å². The number of hydrogen-bond acceptors (Lipinski definition) is 6. The number of carbonyl (C=O) groups is 2. The van der Waals surface area contributed by atoms with E-state index in [2.05, 4.69) is 20.6 Å². The maximum Gasteiger partial charge on any atom is 0.225 e. The van der Waals surface area contributed by atoms with Gasteiger partial charge in [0.25, 0.3) is 0 Å². The second-order valence-corrected chi connectivity index (χ2v) is 5.54. The lowest BCUT2D eigenvalue weighted by atomic mass is 10.1. The summed E-state index contributed by atoms with van der Waals surface area (Å²) in [5, 5.41) is 5.85. The number of rotatable bonds is 7. The number of anilines is 1. The van der Waals surface area contributed by atoms with E-state index in [1.807, 2.05) is 6.07 Å². The first kappa shape index (κ1) is 16.0. The van der Waals surface area contributed by atoms with Crippen LogP contribution in [0.5, 0.6) is 0 Å². The van der Waals surface area contributed by atoms with Crippen LogP contribution in [0.3, 0.4) is 0 Å². The van der Waals surface area contributed by atoms with Crippen LogP contribution in [0, 0.1) is 5.92 Å². The van der Waals surface area contributed by atoms with Crippen LogP contribution in [0.15, 0.2) is 41.3 Å². The van der Waals surface area contributed by atoms with Gasteiger partial charge in [-0.25, -0.2) is 9.97 Å². The molecule has 0 spiro atoms. The van der Waals surface area contributed by atoms with Gasteiger partial charge in [0.1, 0.15) is 5.76 Å². The molecule has 2 aromatic heterocycles. The third kappa shape index (κ3) is 4.09. The molecule has 1 unspecified atom stereocenters. The largest absolute Gasteiger partial charge is 0.467 e. The Balaban J connectivity index is 1.40. The van der Waals surface area contributed by atoms with Crippen molar-refractivity contribution < 1.29 is 14.0 Å². The van der Waals surface area contributed by atoms with Crippen LogP contribution in [-0.4, -0.2) is 46.3 Å². The number of nitrogens with one attached hydrogen (secondary N) is 2. The van der Waals surface area contributed by atoms with E-state index in [0.717, 1.165) is 5.76 Å². The number of amides is 2. The van der Waals surface area contributed by atoms with Crippen molar-refractivity contribution in [1.29, 1.82) is 0 Å². The minimum atomic E-state index is -0.319. The molecular weight excluding hydrogens is 310 g/mol. The molecule has 3 heterocycles. The fourth-order valence-electron chi connectivity index (χ4n) is 2.59. The lowest BCUT2D eigenvalue weighted by molar-refractivity contribution is -0.129. The van der Waals surface area contributed by atoms with Crippen molar-refractivity contribution in [1.82, 2.24) is 20.2 Å². The van der Waals surface area contributed by atoms with E-state index in [0.29, 0.717) is 32.1 Å². The molecule has 1 aliphatic rings. The Morgan fingerprint density at radius 3 is 2.88 bits per heavy atom. The maximum atomic E-state index is 12.2. The zero-order valence-electron chi connectivity index (χ0n) is 13.1. The van der Waals surface area contributed by atoms with Crippen LogP contribution in [0.4, 0.5) is 5.95 Å². The standard InChI is InChI=1S/C16H19N5O3/c22-14-9-12(10-21(14)11-13-3-1-8-24-13)15(23)17-6-7-20-16-18-4-2-5-19-16/h1-5,8,12H,6-7,9-11H2,(H,17,23)(H,18,19,20). The molecule has 0 radical (unpaired) electrons. The molecule has 8 nitrogen and oxygen atoms in total. The van der Waals surface area contributed by atoms with E-state index < -0.39 is 0 Å². The SMILES string of the molecule is O=C(NCCNc1ncccn1)C1CC(=O)N(Cc2ccco2)C1. The summed E-state index contributed by atoms with van der Waals surface area (Å²) in [5.41, 5.74) is 0. The molecule has 1 fully saturated rings. The smallest absolute Gasteiger partial charge is 0.225 e. The number of nitrogens with zero attached hydrogens (tertiary/aromatic N) is 3. The van der Waals surface area contributed by atoms with Gasteiger partial charge in [-0.2, -0.15) is 0 Å². The molecule has 24 heavy (non-hydrogen) atoms. The molecule has 2 N–H and O–H groups in total. The Labute approximate surface area is 139 Å². The van der Waals surface area contributed by atoms with Gasteiger partial charge in [-0.05, 0) is 18.2 Å². The third-order valence-electron chi connectivity index (χ3n) is 3.79. The van der Waals surface area contributed by atoms with Gasteiger partial charge in [-0.1, -0.05) is 0 Å². The summed E-state index contributed by atoms with van der Waals surface area (Å²) in [7, 11) is 0. The molecule has 3 rings (SSSR count). The minimum absolute atomic E-state index is 0.0256. The van der Waals surface area contributed by atoms with Gasteiger partial charge in [0.2, 0.25) is 17.8 Å². The van der Waals surface area contributed by atoms with Crippen LogP contribution < -0.4 is 10.6 Å². The Morgan fingerprint density at radius 1 is 1.29 bits per heavy atom. The molecular formula is C16H19N5O3. The molecule has 2 amide bonds. The van der Waals surface area contributed by atoms with Crippen molar-refractivity contribution in [2.24, 2.45) is 5.92 Å². The topological polar surface area (TPSA) is 100 Å².